The van der Waals surface area contributed by atoms with Gasteiger partial charge in [-0.2, -0.15) is 0 Å². The molecule has 0 fully saturated rings. The van der Waals surface area contributed by atoms with Gasteiger partial charge in [-0.1, -0.05) is 66.9 Å². The van der Waals surface area contributed by atoms with Crippen molar-refractivity contribution in [2.24, 2.45) is 5.92 Å². The van der Waals surface area contributed by atoms with Crippen molar-refractivity contribution in [2.75, 3.05) is 0 Å². The second-order valence-electron chi connectivity index (χ2n) is 4.78. The van der Waals surface area contributed by atoms with Gasteiger partial charge in [0.25, 0.3) is 0 Å². The Hall–Kier alpha value is -1.04. The van der Waals surface area contributed by atoms with E-state index in [4.69, 9.17) is 0 Å². The van der Waals surface area contributed by atoms with Gasteiger partial charge in [-0.25, -0.2) is 0 Å². The maximum Gasteiger partial charge on any atom is 0.0163 e. The quantitative estimate of drug-likeness (QED) is 0.447. The van der Waals surface area contributed by atoms with E-state index in [0.29, 0.717) is 5.92 Å². The lowest BCUT2D eigenvalue weighted by atomic mass is 9.97. The van der Waals surface area contributed by atoms with Gasteiger partial charge >= 0.3 is 0 Å². The zero-order valence-corrected chi connectivity index (χ0v) is 11.1. The van der Waals surface area contributed by atoms with Crippen molar-refractivity contribution in [3.05, 3.63) is 47.1 Å². The summed E-state index contributed by atoms with van der Waals surface area (Å²) in [6.45, 7) is 8.82. The number of hydrogen-bond acceptors (Lipinski definition) is 0. The van der Waals surface area contributed by atoms with Gasteiger partial charge in [-0.3, -0.25) is 0 Å². The van der Waals surface area contributed by atoms with Crippen molar-refractivity contribution < 1.29 is 0 Å². The molecule has 0 N–H and O–H groups in total. The molecule has 0 amide bonds. The van der Waals surface area contributed by atoms with E-state index in [2.05, 4.69) is 58.1 Å². The fraction of sp³-hybridized carbons (Fsp3) is 0.500. The van der Waals surface area contributed by atoms with E-state index in [-0.39, 0.29) is 0 Å². The van der Waals surface area contributed by atoms with Crippen molar-refractivity contribution in [2.45, 2.75) is 47.0 Å². The summed E-state index contributed by atoms with van der Waals surface area (Å²) in [5.41, 5.74) is 4.17. The number of unbranched alkanes of at least 4 members (excludes halogenated alkanes) is 2. The van der Waals surface area contributed by atoms with Crippen LogP contribution >= 0.6 is 0 Å². The van der Waals surface area contributed by atoms with Crippen LogP contribution in [0.2, 0.25) is 0 Å². The van der Waals surface area contributed by atoms with E-state index in [1.165, 1.54) is 36.0 Å². The van der Waals surface area contributed by atoms with Gasteiger partial charge in [0.2, 0.25) is 0 Å². The molecule has 16 heavy (non-hydrogen) atoms. The molecule has 0 heterocycles. The van der Waals surface area contributed by atoms with Crippen molar-refractivity contribution in [1.29, 1.82) is 0 Å². The third-order valence-electron chi connectivity index (χ3n) is 2.95. The van der Waals surface area contributed by atoms with Crippen molar-refractivity contribution in [3.8, 4) is 0 Å². The van der Waals surface area contributed by atoms with E-state index >= 15 is 0 Å². The van der Waals surface area contributed by atoms with Crippen LogP contribution in [0.4, 0.5) is 0 Å². The van der Waals surface area contributed by atoms with Gasteiger partial charge in [-0.05, 0) is 27.2 Å². The van der Waals surface area contributed by atoms with Crippen LogP contribution in [0, 0.1) is 5.92 Å². The van der Waals surface area contributed by atoms with Gasteiger partial charge in [0.05, 0.1) is 0 Å². The summed E-state index contributed by atoms with van der Waals surface area (Å²) in [4.78, 5) is 0. The summed E-state index contributed by atoms with van der Waals surface area (Å²) in [5.74, 6) is 0.491. The second-order valence-corrected chi connectivity index (χ2v) is 4.78. The standard InChI is InChI=1S/C16H24/c1-5-6-7-8-9-16-12-14(3)10-13(2)11-15(16)4/h8-12,16H,5-7H2,1-4H3/b9-8+/t16-/m0/s1. The lowest BCUT2D eigenvalue weighted by molar-refractivity contribution is 0.808. The molecule has 1 rings (SSSR count). The summed E-state index contributed by atoms with van der Waals surface area (Å²) in [6.07, 6.45) is 15.4. The maximum atomic E-state index is 2.35. The van der Waals surface area contributed by atoms with Crippen LogP contribution < -0.4 is 0 Å². The van der Waals surface area contributed by atoms with Crippen molar-refractivity contribution >= 4 is 0 Å². The van der Waals surface area contributed by atoms with Crippen LogP contribution in [0.25, 0.3) is 0 Å². The van der Waals surface area contributed by atoms with Gasteiger partial charge < -0.3 is 0 Å². The topological polar surface area (TPSA) is 0 Å². The van der Waals surface area contributed by atoms with E-state index in [9.17, 15) is 0 Å². The molecule has 0 nitrogen and oxygen atoms in total. The summed E-state index contributed by atoms with van der Waals surface area (Å²) in [6, 6.07) is 0. The Kier molecular flexibility index (Phi) is 5.31. The van der Waals surface area contributed by atoms with E-state index in [0.717, 1.165) is 0 Å². The first-order valence-corrected chi connectivity index (χ1v) is 6.35. The molecule has 0 radical (unpaired) electrons. The minimum Gasteiger partial charge on any atom is -0.0876 e. The average molecular weight is 216 g/mol. The molecule has 0 aromatic carbocycles. The number of hydrogen-bond donors (Lipinski definition) is 0. The smallest absolute Gasteiger partial charge is 0.0163 e. The Morgan fingerprint density at radius 1 is 1.12 bits per heavy atom. The lowest BCUT2D eigenvalue weighted by Gasteiger charge is -2.08. The van der Waals surface area contributed by atoms with Gasteiger partial charge in [0.15, 0.2) is 0 Å². The highest BCUT2D eigenvalue weighted by atomic mass is 14.1. The molecule has 0 saturated carbocycles. The first-order chi connectivity index (χ1) is 7.63. The van der Waals surface area contributed by atoms with Crippen LogP contribution in [0.1, 0.15) is 47.0 Å². The predicted molar refractivity (Wildman–Crippen MR) is 73.4 cm³/mol. The van der Waals surface area contributed by atoms with Crippen molar-refractivity contribution in [3.63, 3.8) is 0 Å². The van der Waals surface area contributed by atoms with E-state index < -0.39 is 0 Å². The molecule has 0 spiro atoms. The third-order valence-corrected chi connectivity index (χ3v) is 2.95. The third kappa shape index (κ3) is 4.22. The zero-order valence-electron chi connectivity index (χ0n) is 11.1. The minimum atomic E-state index is 0.491. The highest BCUT2D eigenvalue weighted by Crippen LogP contribution is 2.22. The second kappa shape index (κ2) is 6.52. The Morgan fingerprint density at radius 2 is 1.88 bits per heavy atom. The molecule has 0 aromatic heterocycles. The number of allylic oxidation sites excluding steroid dienone is 8. The monoisotopic (exact) mass is 216 g/mol. The molecular formula is C16H24. The molecule has 0 saturated heterocycles. The van der Waals surface area contributed by atoms with Crippen LogP contribution in [-0.4, -0.2) is 0 Å². The normalized spacial score (nSPS) is 21.5. The summed E-state index contributed by atoms with van der Waals surface area (Å²) in [7, 11) is 0. The van der Waals surface area contributed by atoms with E-state index in [1.54, 1.807) is 0 Å². The molecule has 88 valence electrons. The van der Waals surface area contributed by atoms with Crippen LogP contribution in [0.15, 0.2) is 47.1 Å². The van der Waals surface area contributed by atoms with Crippen LogP contribution in [0.5, 0.6) is 0 Å². The Labute approximate surface area is 100 Å². The minimum absolute atomic E-state index is 0.491. The SMILES string of the molecule is CCCC/C=C/[C@H]1C=C(C)C=C(C)C=C1C. The largest absolute Gasteiger partial charge is 0.0876 e. The van der Waals surface area contributed by atoms with E-state index in [1.807, 2.05) is 0 Å². The molecule has 1 atom stereocenters. The Bertz CT molecular complexity index is 337. The van der Waals surface area contributed by atoms with Crippen molar-refractivity contribution in [1.82, 2.24) is 0 Å². The van der Waals surface area contributed by atoms with Crippen LogP contribution in [-0.2, 0) is 0 Å². The predicted octanol–water partition coefficient (Wildman–Crippen LogP) is 5.20. The highest BCUT2D eigenvalue weighted by Gasteiger charge is 2.06. The first-order valence-electron chi connectivity index (χ1n) is 6.35. The molecular weight excluding hydrogens is 192 g/mol. The fourth-order valence-electron chi connectivity index (χ4n) is 2.09. The first kappa shape index (κ1) is 13.0. The highest BCUT2D eigenvalue weighted by molar-refractivity contribution is 5.38. The molecule has 0 bridgehead atoms. The fourth-order valence-corrected chi connectivity index (χ4v) is 2.09. The van der Waals surface area contributed by atoms with Crippen LogP contribution in [0.3, 0.4) is 0 Å². The lowest BCUT2D eigenvalue weighted by Crippen LogP contribution is -1.93. The molecule has 1 aliphatic rings. The molecule has 0 aliphatic heterocycles. The molecule has 0 heteroatoms. The number of rotatable bonds is 4. The molecule has 0 aromatic rings. The maximum absolute atomic E-state index is 2.35. The summed E-state index contributed by atoms with van der Waals surface area (Å²) >= 11 is 0. The Balaban J connectivity index is 2.70. The summed E-state index contributed by atoms with van der Waals surface area (Å²) < 4.78 is 0. The van der Waals surface area contributed by atoms with Gasteiger partial charge in [-0.15, -0.1) is 0 Å². The zero-order chi connectivity index (χ0) is 12.0. The average Bonchev–Trinajstić information content (AvgIpc) is 2.32. The molecule has 1 aliphatic carbocycles. The Morgan fingerprint density at radius 3 is 2.56 bits per heavy atom. The molecule has 0 unspecified atom stereocenters. The summed E-state index contributed by atoms with van der Waals surface area (Å²) in [5, 5.41) is 0. The van der Waals surface area contributed by atoms with Gasteiger partial charge in [0.1, 0.15) is 0 Å². The van der Waals surface area contributed by atoms with Gasteiger partial charge in [0, 0.05) is 5.92 Å².